The first-order valence-corrected chi connectivity index (χ1v) is 16.3. The molecule has 4 heterocycles. The van der Waals surface area contributed by atoms with Gasteiger partial charge in [0.25, 0.3) is 16.6 Å². The van der Waals surface area contributed by atoms with Gasteiger partial charge in [-0.3, -0.25) is 14.9 Å². The van der Waals surface area contributed by atoms with Crippen LogP contribution in [0.4, 0.5) is 14.5 Å². The monoisotopic (exact) mass is 623 g/mol. The van der Waals surface area contributed by atoms with Crippen LogP contribution in [0.1, 0.15) is 36.0 Å². The molecule has 0 radical (unpaired) electrons. The highest BCUT2D eigenvalue weighted by Gasteiger charge is 2.34. The van der Waals surface area contributed by atoms with Crippen molar-refractivity contribution in [3.8, 4) is 11.8 Å². The predicted octanol–water partition coefficient (Wildman–Crippen LogP) is 3.09. The van der Waals surface area contributed by atoms with Gasteiger partial charge in [0.05, 0.1) is 24.2 Å². The highest BCUT2D eigenvalue weighted by Crippen LogP contribution is 2.36. The number of allylic oxidation sites excluding steroid dienone is 1. The van der Waals surface area contributed by atoms with Crippen LogP contribution in [-0.2, 0) is 10.2 Å². The molecule has 13 heteroatoms. The van der Waals surface area contributed by atoms with Crippen molar-refractivity contribution in [1.29, 1.82) is 5.26 Å². The van der Waals surface area contributed by atoms with Gasteiger partial charge >= 0.3 is 0 Å². The Bertz CT molecular complexity index is 1610. The van der Waals surface area contributed by atoms with Gasteiger partial charge in [0.2, 0.25) is 0 Å². The van der Waals surface area contributed by atoms with Gasteiger partial charge in [-0.25, -0.2) is 13.9 Å². The molecule has 4 aliphatic heterocycles. The van der Waals surface area contributed by atoms with Crippen LogP contribution >= 0.6 is 0 Å². The van der Waals surface area contributed by atoms with Crippen molar-refractivity contribution in [2.45, 2.75) is 43.9 Å². The Balaban J connectivity index is 1.12. The van der Waals surface area contributed by atoms with Crippen molar-refractivity contribution < 1.29 is 21.9 Å². The Hall–Kier alpha value is -3.70. The number of anilines is 1. The summed E-state index contributed by atoms with van der Waals surface area (Å²) in [5.74, 6) is 0.470. The van der Waals surface area contributed by atoms with Gasteiger partial charge in [0, 0.05) is 63.3 Å². The minimum atomic E-state index is -3.72. The number of dihydropyridines is 1. The zero-order valence-corrected chi connectivity index (χ0v) is 25.0. The standard InChI is InChI=1S/C31H35F2N7O3S/c32-30(33)20-38-13-15-39(16-14-38)24-4-1-21(2-5-24)27-18-28-31(37-27)26(7-10-36-28)22-3-6-29(23(17-22)19-34)43-25-8-11-40(12-9-25)44(35,41)42/h1-7,10,17,25,28,30-31H,8-9,11-16,18,20H2,(H2,35,41,42). The van der Waals surface area contributed by atoms with Crippen LogP contribution in [0.2, 0.25) is 0 Å². The van der Waals surface area contributed by atoms with Gasteiger partial charge in [0.1, 0.15) is 17.9 Å². The van der Waals surface area contributed by atoms with Crippen molar-refractivity contribution in [2.24, 2.45) is 15.1 Å². The number of fused-ring (bicyclic) bond motifs is 1. The number of nitrogens with zero attached hydrogens (tertiary/aromatic N) is 6. The molecule has 0 spiro atoms. The topological polar surface area (TPSA) is 128 Å². The van der Waals surface area contributed by atoms with Gasteiger partial charge in [-0.2, -0.15) is 18.0 Å². The molecular weight excluding hydrogens is 588 g/mol. The van der Waals surface area contributed by atoms with Crippen LogP contribution in [0.3, 0.4) is 0 Å². The van der Waals surface area contributed by atoms with E-state index in [9.17, 15) is 22.5 Å². The molecule has 0 bridgehead atoms. The largest absolute Gasteiger partial charge is 0.489 e. The second kappa shape index (κ2) is 12.7. The van der Waals surface area contributed by atoms with E-state index in [1.165, 1.54) is 4.31 Å². The lowest BCUT2D eigenvalue weighted by Crippen LogP contribution is -2.47. The van der Waals surface area contributed by atoms with Crippen LogP contribution in [-0.4, -0.2) is 100.0 Å². The molecular formula is C31H35F2N7O3S. The second-order valence-corrected chi connectivity index (χ2v) is 13.1. The van der Waals surface area contributed by atoms with Crippen LogP contribution in [0.15, 0.2) is 58.5 Å². The molecule has 2 saturated heterocycles. The smallest absolute Gasteiger partial charge is 0.276 e. The number of halogens is 2. The van der Waals surface area contributed by atoms with Crippen molar-refractivity contribution in [3.05, 3.63) is 65.2 Å². The van der Waals surface area contributed by atoms with E-state index in [1.54, 1.807) is 11.0 Å². The Morgan fingerprint density at radius 1 is 1.02 bits per heavy atom. The van der Waals surface area contributed by atoms with E-state index in [0.717, 1.165) is 28.1 Å². The zero-order chi connectivity index (χ0) is 30.8. The number of nitrogens with two attached hydrogens (primary N) is 1. The fourth-order valence-electron chi connectivity index (χ4n) is 6.35. The number of benzene rings is 2. The third kappa shape index (κ3) is 6.68. The average molecular weight is 624 g/mol. The quantitative estimate of drug-likeness (QED) is 0.482. The van der Waals surface area contributed by atoms with E-state index in [1.807, 2.05) is 24.4 Å². The molecule has 2 N–H and O–H groups in total. The molecule has 10 nitrogen and oxygen atoms in total. The second-order valence-electron chi connectivity index (χ2n) is 11.5. The molecule has 0 amide bonds. The van der Waals surface area contributed by atoms with E-state index in [-0.39, 0.29) is 37.8 Å². The van der Waals surface area contributed by atoms with Crippen LogP contribution < -0.4 is 14.8 Å². The molecule has 2 aromatic rings. The van der Waals surface area contributed by atoms with Gasteiger partial charge in [-0.1, -0.05) is 18.2 Å². The van der Waals surface area contributed by atoms with Gasteiger partial charge in [0.15, 0.2) is 0 Å². The maximum atomic E-state index is 12.7. The summed E-state index contributed by atoms with van der Waals surface area (Å²) in [5.41, 5.74) is 5.35. The minimum absolute atomic E-state index is 0.0296. The number of hydrogen-bond acceptors (Lipinski definition) is 8. The summed E-state index contributed by atoms with van der Waals surface area (Å²) in [6, 6.07) is 15.9. The molecule has 2 atom stereocenters. The minimum Gasteiger partial charge on any atom is -0.489 e. The molecule has 232 valence electrons. The number of aliphatic imine (C=N–C) groups is 2. The lowest BCUT2D eigenvalue weighted by molar-refractivity contribution is 0.0854. The Morgan fingerprint density at radius 2 is 1.73 bits per heavy atom. The highest BCUT2D eigenvalue weighted by atomic mass is 32.2. The number of rotatable bonds is 8. The Kier molecular flexibility index (Phi) is 8.77. The third-order valence-corrected chi connectivity index (χ3v) is 9.82. The maximum Gasteiger partial charge on any atom is 0.276 e. The third-order valence-electron chi connectivity index (χ3n) is 8.73. The van der Waals surface area contributed by atoms with Crippen molar-refractivity contribution in [3.63, 3.8) is 0 Å². The molecule has 4 aliphatic rings. The Morgan fingerprint density at radius 3 is 2.39 bits per heavy atom. The van der Waals surface area contributed by atoms with E-state index in [0.29, 0.717) is 56.8 Å². The molecule has 2 unspecified atom stereocenters. The first-order valence-electron chi connectivity index (χ1n) is 14.8. The molecule has 2 aromatic carbocycles. The maximum absolute atomic E-state index is 12.7. The van der Waals surface area contributed by atoms with E-state index in [4.69, 9.17) is 19.9 Å². The van der Waals surface area contributed by atoms with Crippen molar-refractivity contribution >= 4 is 33.4 Å². The number of hydrogen-bond donors (Lipinski definition) is 1. The lowest BCUT2D eigenvalue weighted by Gasteiger charge is -2.36. The molecule has 0 saturated carbocycles. The van der Waals surface area contributed by atoms with E-state index >= 15 is 0 Å². The van der Waals surface area contributed by atoms with E-state index in [2.05, 4.69) is 35.2 Å². The van der Waals surface area contributed by atoms with Crippen molar-refractivity contribution in [2.75, 3.05) is 50.7 Å². The molecule has 0 aliphatic carbocycles. The van der Waals surface area contributed by atoms with Crippen molar-refractivity contribution in [1.82, 2.24) is 9.21 Å². The average Bonchev–Trinajstić information content (AvgIpc) is 3.46. The molecule has 0 aromatic heterocycles. The number of nitriles is 1. The predicted molar refractivity (Wildman–Crippen MR) is 166 cm³/mol. The summed E-state index contributed by atoms with van der Waals surface area (Å²) in [6.07, 6.45) is 2.93. The summed E-state index contributed by atoms with van der Waals surface area (Å²) < 4.78 is 56.0. The van der Waals surface area contributed by atoms with Crippen LogP contribution in [0.5, 0.6) is 5.75 Å². The van der Waals surface area contributed by atoms with Crippen LogP contribution in [0, 0.1) is 11.3 Å². The molecule has 44 heavy (non-hydrogen) atoms. The number of alkyl halides is 2. The normalized spacial score (nSPS) is 23.3. The highest BCUT2D eigenvalue weighted by molar-refractivity contribution is 7.86. The van der Waals surface area contributed by atoms with Gasteiger partial charge < -0.3 is 9.64 Å². The number of ether oxygens (including phenoxy) is 1. The molecule has 2 fully saturated rings. The summed E-state index contributed by atoms with van der Waals surface area (Å²) in [4.78, 5) is 13.8. The SMILES string of the molecule is N#Cc1cc(C2=CC=NC3CC(c4ccc(N5CCN(CC(F)F)CC5)cc4)=NC23)ccc1OC1CCN(S(N)(=O)=O)CC1. The summed E-state index contributed by atoms with van der Waals surface area (Å²) in [5, 5.41) is 15.2. The zero-order valence-electron chi connectivity index (χ0n) is 24.2. The van der Waals surface area contributed by atoms with Gasteiger partial charge in [-0.05, 0) is 59.9 Å². The Labute approximate surface area is 256 Å². The summed E-state index contributed by atoms with van der Waals surface area (Å²) in [6.45, 7) is 3.06. The summed E-state index contributed by atoms with van der Waals surface area (Å²) >= 11 is 0. The number of piperidine rings is 1. The lowest BCUT2D eigenvalue weighted by atomic mass is 9.90. The van der Waals surface area contributed by atoms with Gasteiger partial charge in [-0.15, -0.1) is 0 Å². The first kappa shape index (κ1) is 30.3. The fraction of sp³-hybridized carbons (Fsp3) is 0.452. The fourth-order valence-corrected chi connectivity index (χ4v) is 7.07. The van der Waals surface area contributed by atoms with Crippen LogP contribution in [0.25, 0.3) is 5.57 Å². The number of piperazine rings is 1. The molecule has 6 rings (SSSR count). The van der Waals surface area contributed by atoms with E-state index < -0.39 is 16.6 Å². The summed E-state index contributed by atoms with van der Waals surface area (Å²) in [7, 11) is -3.72. The first-order chi connectivity index (χ1) is 21.2.